The zero-order chi connectivity index (χ0) is 15.7. The maximum atomic E-state index is 12.3. The largest absolute Gasteiger partial charge is 0.494 e. The van der Waals surface area contributed by atoms with Crippen LogP contribution in [0.2, 0.25) is 0 Å². The molecule has 0 saturated heterocycles. The third-order valence-corrected chi connectivity index (χ3v) is 5.48. The van der Waals surface area contributed by atoms with Crippen LogP contribution in [0.3, 0.4) is 0 Å². The third-order valence-electron chi connectivity index (χ3n) is 3.59. The van der Waals surface area contributed by atoms with Gasteiger partial charge in [0, 0.05) is 27.8 Å². The molecule has 3 unspecified atom stereocenters. The smallest absolute Gasteiger partial charge is 0.119 e. The van der Waals surface area contributed by atoms with Crippen molar-refractivity contribution in [2.24, 2.45) is 0 Å². The predicted molar refractivity (Wildman–Crippen MR) is 91.4 cm³/mol. The normalized spacial score (nSPS) is 15.4. The number of rotatable bonds is 10. The molecule has 0 aliphatic carbocycles. The lowest BCUT2D eigenvalue weighted by molar-refractivity contribution is 0.340. The van der Waals surface area contributed by atoms with E-state index in [-0.39, 0.29) is 11.3 Å². The first kappa shape index (κ1) is 18.2. The van der Waals surface area contributed by atoms with E-state index >= 15 is 0 Å². The lowest BCUT2D eigenvalue weighted by Gasteiger charge is -2.21. The SMILES string of the molecule is CCCNC(CS(=O)C(C)CC)c1ccc(OCC)cc1. The predicted octanol–water partition coefficient (Wildman–Crippen LogP) is 3.67. The Bertz CT molecular complexity index is 419. The number of hydrogen-bond donors (Lipinski definition) is 1. The quantitative estimate of drug-likeness (QED) is 0.716. The van der Waals surface area contributed by atoms with Crippen LogP contribution in [0.25, 0.3) is 0 Å². The molecule has 120 valence electrons. The molecule has 4 heteroatoms. The topological polar surface area (TPSA) is 38.3 Å². The summed E-state index contributed by atoms with van der Waals surface area (Å²) in [4.78, 5) is 0. The van der Waals surface area contributed by atoms with Gasteiger partial charge in [0.15, 0.2) is 0 Å². The maximum Gasteiger partial charge on any atom is 0.119 e. The Morgan fingerprint density at radius 2 is 1.86 bits per heavy atom. The van der Waals surface area contributed by atoms with Gasteiger partial charge in [-0.15, -0.1) is 0 Å². The van der Waals surface area contributed by atoms with Crippen molar-refractivity contribution in [2.75, 3.05) is 18.9 Å². The van der Waals surface area contributed by atoms with Crippen LogP contribution >= 0.6 is 0 Å². The van der Waals surface area contributed by atoms with E-state index in [9.17, 15) is 4.21 Å². The molecule has 0 bridgehead atoms. The van der Waals surface area contributed by atoms with Crippen LogP contribution in [0, 0.1) is 0 Å². The molecule has 0 saturated carbocycles. The van der Waals surface area contributed by atoms with E-state index in [2.05, 4.69) is 38.2 Å². The van der Waals surface area contributed by atoms with E-state index in [1.165, 1.54) is 5.56 Å². The van der Waals surface area contributed by atoms with Gasteiger partial charge in [-0.3, -0.25) is 4.21 Å². The molecule has 1 N–H and O–H groups in total. The van der Waals surface area contributed by atoms with Gasteiger partial charge < -0.3 is 10.1 Å². The number of benzene rings is 1. The Labute approximate surface area is 131 Å². The minimum atomic E-state index is -0.801. The van der Waals surface area contributed by atoms with E-state index in [0.717, 1.165) is 25.1 Å². The van der Waals surface area contributed by atoms with E-state index < -0.39 is 10.8 Å². The molecule has 1 rings (SSSR count). The van der Waals surface area contributed by atoms with Crippen LogP contribution in [0.5, 0.6) is 5.75 Å². The summed E-state index contributed by atoms with van der Waals surface area (Å²) in [5.41, 5.74) is 1.18. The molecule has 21 heavy (non-hydrogen) atoms. The molecule has 3 atom stereocenters. The van der Waals surface area contributed by atoms with Crippen LogP contribution in [-0.2, 0) is 10.8 Å². The van der Waals surface area contributed by atoms with Crippen molar-refractivity contribution in [3.63, 3.8) is 0 Å². The van der Waals surface area contributed by atoms with Crippen molar-refractivity contribution >= 4 is 10.8 Å². The number of hydrogen-bond acceptors (Lipinski definition) is 3. The van der Waals surface area contributed by atoms with Crippen LogP contribution in [0.1, 0.15) is 52.1 Å². The van der Waals surface area contributed by atoms with Gasteiger partial charge in [-0.05, 0) is 44.0 Å². The summed E-state index contributed by atoms with van der Waals surface area (Å²) in [7, 11) is -0.801. The minimum absolute atomic E-state index is 0.149. The second kappa shape index (κ2) is 9.96. The molecule has 1 aromatic carbocycles. The first-order valence-electron chi connectivity index (χ1n) is 7.95. The van der Waals surface area contributed by atoms with Crippen LogP contribution in [-0.4, -0.2) is 28.4 Å². The van der Waals surface area contributed by atoms with Crippen molar-refractivity contribution in [1.82, 2.24) is 5.32 Å². The first-order chi connectivity index (χ1) is 10.1. The molecule has 0 fully saturated rings. The van der Waals surface area contributed by atoms with Gasteiger partial charge >= 0.3 is 0 Å². The lowest BCUT2D eigenvalue weighted by Crippen LogP contribution is -2.29. The van der Waals surface area contributed by atoms with Gasteiger partial charge in [-0.25, -0.2) is 0 Å². The van der Waals surface area contributed by atoms with Crippen molar-refractivity contribution in [3.05, 3.63) is 29.8 Å². The first-order valence-corrected chi connectivity index (χ1v) is 9.33. The average molecular weight is 311 g/mol. The van der Waals surface area contributed by atoms with Crippen molar-refractivity contribution in [3.8, 4) is 5.75 Å². The molecule has 3 nitrogen and oxygen atoms in total. The summed E-state index contributed by atoms with van der Waals surface area (Å²) < 4.78 is 17.8. The monoisotopic (exact) mass is 311 g/mol. The highest BCUT2D eigenvalue weighted by Crippen LogP contribution is 2.20. The van der Waals surface area contributed by atoms with Gasteiger partial charge in [0.25, 0.3) is 0 Å². The van der Waals surface area contributed by atoms with E-state index in [0.29, 0.717) is 12.4 Å². The maximum absolute atomic E-state index is 12.3. The molecule has 0 aliphatic rings. The van der Waals surface area contributed by atoms with Gasteiger partial charge in [0.1, 0.15) is 5.75 Å². The Hall–Kier alpha value is -0.870. The van der Waals surface area contributed by atoms with Crippen LogP contribution in [0.15, 0.2) is 24.3 Å². The van der Waals surface area contributed by atoms with Crippen molar-refractivity contribution < 1.29 is 8.95 Å². The fourth-order valence-corrected chi connectivity index (χ4v) is 3.41. The molecule has 1 aromatic rings. The number of ether oxygens (including phenoxy) is 1. The number of nitrogens with one attached hydrogen (secondary N) is 1. The Morgan fingerprint density at radius 1 is 1.19 bits per heavy atom. The van der Waals surface area contributed by atoms with Crippen molar-refractivity contribution in [2.45, 2.75) is 51.8 Å². The van der Waals surface area contributed by atoms with Crippen LogP contribution in [0.4, 0.5) is 0 Å². The van der Waals surface area contributed by atoms with Crippen molar-refractivity contribution in [1.29, 1.82) is 0 Å². The Morgan fingerprint density at radius 3 is 2.38 bits per heavy atom. The highest BCUT2D eigenvalue weighted by molar-refractivity contribution is 7.85. The Kier molecular flexibility index (Phi) is 8.62. The standard InChI is InChI=1S/C17H29NO2S/c1-5-12-18-17(13-21(19)14(4)6-2)15-8-10-16(11-9-15)20-7-3/h8-11,14,17-18H,5-7,12-13H2,1-4H3. The Balaban J connectivity index is 2.78. The molecule has 0 aliphatic heterocycles. The molecular formula is C17H29NO2S. The lowest BCUT2D eigenvalue weighted by atomic mass is 10.1. The summed E-state index contributed by atoms with van der Waals surface area (Å²) in [6.07, 6.45) is 2.03. The van der Waals surface area contributed by atoms with E-state index in [4.69, 9.17) is 4.74 Å². The average Bonchev–Trinajstić information content (AvgIpc) is 2.51. The molecule has 0 spiro atoms. The molecule has 0 heterocycles. The molecule has 0 aromatic heterocycles. The zero-order valence-corrected chi connectivity index (χ0v) is 14.5. The summed E-state index contributed by atoms with van der Waals surface area (Å²) in [5.74, 6) is 1.56. The summed E-state index contributed by atoms with van der Waals surface area (Å²) in [6, 6.07) is 8.28. The molecular weight excluding hydrogens is 282 g/mol. The van der Waals surface area contributed by atoms with Crippen LogP contribution < -0.4 is 10.1 Å². The molecule has 0 radical (unpaired) electrons. The highest BCUT2D eigenvalue weighted by atomic mass is 32.2. The second-order valence-electron chi connectivity index (χ2n) is 5.28. The third kappa shape index (κ3) is 6.18. The van der Waals surface area contributed by atoms with E-state index in [1.54, 1.807) is 0 Å². The highest BCUT2D eigenvalue weighted by Gasteiger charge is 2.17. The zero-order valence-electron chi connectivity index (χ0n) is 13.7. The van der Waals surface area contributed by atoms with Gasteiger partial charge in [-0.1, -0.05) is 32.9 Å². The van der Waals surface area contributed by atoms with Gasteiger partial charge in [0.05, 0.1) is 6.61 Å². The summed E-state index contributed by atoms with van der Waals surface area (Å²) >= 11 is 0. The minimum Gasteiger partial charge on any atom is -0.494 e. The fraction of sp³-hybridized carbons (Fsp3) is 0.647. The fourth-order valence-electron chi connectivity index (χ4n) is 2.07. The van der Waals surface area contributed by atoms with Gasteiger partial charge in [-0.2, -0.15) is 0 Å². The second-order valence-corrected chi connectivity index (χ2v) is 7.17. The van der Waals surface area contributed by atoms with E-state index in [1.807, 2.05) is 19.1 Å². The summed E-state index contributed by atoms with van der Waals surface area (Å²) in [5, 5.41) is 3.76. The molecule has 0 amide bonds. The summed E-state index contributed by atoms with van der Waals surface area (Å²) in [6.45, 7) is 9.90. The van der Waals surface area contributed by atoms with Gasteiger partial charge in [0.2, 0.25) is 0 Å².